The predicted molar refractivity (Wildman–Crippen MR) is 88.5 cm³/mol. The van der Waals surface area contributed by atoms with Crippen LogP contribution in [0, 0.1) is 0 Å². The fraction of sp³-hybridized carbons (Fsp3) is 0.444. The molecule has 0 aromatic heterocycles. The average Bonchev–Trinajstić information content (AvgIpc) is 2.85. The van der Waals surface area contributed by atoms with E-state index < -0.39 is 0 Å². The maximum absolute atomic E-state index is 12.4. The van der Waals surface area contributed by atoms with E-state index in [1.54, 1.807) is 0 Å². The Balaban J connectivity index is 1.76. The molecule has 0 bridgehead atoms. The average molecular weight is 311 g/mol. The third-order valence-electron chi connectivity index (χ3n) is 5.19. The number of amides is 2. The first-order valence-electron chi connectivity index (χ1n) is 8.31. The minimum Gasteiger partial charge on any atom is -0.388 e. The molecule has 4 rings (SSSR count). The molecule has 2 amide bonds. The summed E-state index contributed by atoms with van der Waals surface area (Å²) in [6.07, 6.45) is 4.47. The summed E-state index contributed by atoms with van der Waals surface area (Å²) < 4.78 is 0. The van der Waals surface area contributed by atoms with Gasteiger partial charge in [0, 0.05) is 42.5 Å². The van der Waals surface area contributed by atoms with Crippen LogP contribution in [0.5, 0.6) is 0 Å². The molecule has 120 valence electrons. The van der Waals surface area contributed by atoms with E-state index in [9.17, 15) is 9.59 Å². The van der Waals surface area contributed by atoms with E-state index in [0.29, 0.717) is 12.8 Å². The lowest BCUT2D eigenvalue weighted by Gasteiger charge is -2.35. The summed E-state index contributed by atoms with van der Waals surface area (Å²) >= 11 is 0. The van der Waals surface area contributed by atoms with E-state index in [2.05, 4.69) is 33.7 Å². The standard InChI is InChI=1S/C18H21N3O2/c1-19-14-7-3-6-12-13(14)10-21(17(12)11-4-2-5-11)15-8-9-16(22)20-18(15)23/h3,6-7,15,19H,2,4-5,8-10H2,1H3,(H,20,22,23). The summed E-state index contributed by atoms with van der Waals surface area (Å²) in [6, 6.07) is 6.06. The van der Waals surface area contributed by atoms with Crippen LogP contribution in [0.1, 0.15) is 43.2 Å². The van der Waals surface area contributed by atoms with Crippen molar-refractivity contribution in [3.05, 3.63) is 34.9 Å². The van der Waals surface area contributed by atoms with Gasteiger partial charge in [-0.05, 0) is 37.3 Å². The van der Waals surface area contributed by atoms with Crippen LogP contribution in [-0.4, -0.2) is 29.8 Å². The van der Waals surface area contributed by atoms with Crippen LogP contribution in [-0.2, 0) is 16.1 Å². The van der Waals surface area contributed by atoms with E-state index in [4.69, 9.17) is 0 Å². The van der Waals surface area contributed by atoms with Crippen molar-refractivity contribution in [2.75, 3.05) is 12.4 Å². The van der Waals surface area contributed by atoms with Crippen molar-refractivity contribution in [3.8, 4) is 0 Å². The number of rotatable bonds is 2. The number of nitrogens with one attached hydrogen (secondary N) is 2. The van der Waals surface area contributed by atoms with Gasteiger partial charge in [-0.25, -0.2) is 0 Å². The summed E-state index contributed by atoms with van der Waals surface area (Å²) in [5.41, 5.74) is 6.31. The van der Waals surface area contributed by atoms with Gasteiger partial charge in [0.25, 0.3) is 0 Å². The van der Waals surface area contributed by atoms with Gasteiger partial charge in [0.15, 0.2) is 0 Å². The first-order chi connectivity index (χ1) is 11.2. The highest BCUT2D eigenvalue weighted by atomic mass is 16.2. The van der Waals surface area contributed by atoms with Crippen LogP contribution in [0.4, 0.5) is 5.69 Å². The largest absolute Gasteiger partial charge is 0.388 e. The number of hydrogen-bond donors (Lipinski definition) is 2. The van der Waals surface area contributed by atoms with Gasteiger partial charge in [-0.15, -0.1) is 0 Å². The Morgan fingerprint density at radius 3 is 2.70 bits per heavy atom. The third kappa shape index (κ3) is 2.22. The van der Waals surface area contributed by atoms with Gasteiger partial charge in [0.1, 0.15) is 6.04 Å². The lowest BCUT2D eigenvalue weighted by Crippen LogP contribution is -2.50. The van der Waals surface area contributed by atoms with E-state index in [0.717, 1.165) is 25.1 Å². The first-order valence-corrected chi connectivity index (χ1v) is 8.31. The summed E-state index contributed by atoms with van der Waals surface area (Å²) in [4.78, 5) is 26.0. The van der Waals surface area contributed by atoms with Crippen molar-refractivity contribution in [2.24, 2.45) is 0 Å². The van der Waals surface area contributed by atoms with Crippen LogP contribution in [0.2, 0.25) is 0 Å². The summed E-state index contributed by atoms with van der Waals surface area (Å²) in [5, 5.41) is 5.76. The molecule has 23 heavy (non-hydrogen) atoms. The second-order valence-corrected chi connectivity index (χ2v) is 6.48. The van der Waals surface area contributed by atoms with Crippen LogP contribution in [0.3, 0.4) is 0 Å². The SMILES string of the molecule is CNc1cccc2c1CN(C1CCC(=O)NC1=O)C2=C1CCC1. The lowest BCUT2D eigenvalue weighted by atomic mass is 9.87. The fourth-order valence-electron chi connectivity index (χ4n) is 3.85. The second kappa shape index (κ2) is 5.41. The summed E-state index contributed by atoms with van der Waals surface area (Å²) in [5.74, 6) is -0.311. The number of anilines is 1. The van der Waals surface area contributed by atoms with E-state index >= 15 is 0 Å². The highest BCUT2D eigenvalue weighted by Gasteiger charge is 2.39. The van der Waals surface area contributed by atoms with Crippen molar-refractivity contribution >= 4 is 23.2 Å². The first kappa shape index (κ1) is 14.3. The normalized spacial score (nSPS) is 23.5. The van der Waals surface area contributed by atoms with Crippen LogP contribution in [0.15, 0.2) is 23.8 Å². The lowest BCUT2D eigenvalue weighted by molar-refractivity contribution is -0.136. The maximum atomic E-state index is 12.4. The van der Waals surface area contributed by atoms with Crippen LogP contribution in [0.25, 0.3) is 5.70 Å². The predicted octanol–water partition coefficient (Wildman–Crippen LogP) is 2.24. The molecular formula is C18H21N3O2. The number of carbonyl (C=O) groups is 2. The molecular weight excluding hydrogens is 290 g/mol. The summed E-state index contributed by atoms with van der Waals surface area (Å²) in [7, 11) is 1.93. The Bertz CT molecular complexity index is 717. The van der Waals surface area contributed by atoms with Gasteiger partial charge < -0.3 is 10.2 Å². The molecule has 5 nitrogen and oxygen atoms in total. The Morgan fingerprint density at radius 2 is 2.04 bits per heavy atom. The van der Waals surface area contributed by atoms with Crippen molar-refractivity contribution < 1.29 is 9.59 Å². The van der Waals surface area contributed by atoms with Gasteiger partial charge in [-0.2, -0.15) is 0 Å². The molecule has 5 heteroatoms. The molecule has 1 aliphatic carbocycles. The zero-order valence-corrected chi connectivity index (χ0v) is 13.3. The van der Waals surface area contributed by atoms with Crippen LogP contribution < -0.4 is 10.6 Å². The number of hydrogen-bond acceptors (Lipinski definition) is 4. The monoisotopic (exact) mass is 311 g/mol. The summed E-state index contributed by atoms with van der Waals surface area (Å²) in [6.45, 7) is 0.734. The number of nitrogens with zero attached hydrogens (tertiary/aromatic N) is 1. The highest BCUT2D eigenvalue weighted by Crippen LogP contribution is 2.45. The Hall–Kier alpha value is -2.30. The molecule has 3 aliphatic rings. The number of allylic oxidation sites excluding steroid dienone is 1. The molecule has 1 unspecified atom stereocenters. The number of piperidine rings is 1. The Labute approximate surface area is 135 Å². The van der Waals surface area contributed by atoms with E-state index in [1.807, 2.05) is 7.05 Å². The Kier molecular flexibility index (Phi) is 3.36. The van der Waals surface area contributed by atoms with E-state index in [-0.39, 0.29) is 17.9 Å². The minimum absolute atomic E-state index is 0.155. The Morgan fingerprint density at radius 1 is 1.22 bits per heavy atom. The van der Waals surface area contributed by atoms with Crippen molar-refractivity contribution in [1.29, 1.82) is 0 Å². The number of benzene rings is 1. The zero-order valence-electron chi connectivity index (χ0n) is 13.3. The van der Waals surface area contributed by atoms with Crippen LogP contribution >= 0.6 is 0 Å². The number of carbonyl (C=O) groups excluding carboxylic acids is 2. The van der Waals surface area contributed by atoms with Crippen molar-refractivity contribution in [1.82, 2.24) is 10.2 Å². The van der Waals surface area contributed by atoms with Crippen molar-refractivity contribution in [2.45, 2.75) is 44.7 Å². The van der Waals surface area contributed by atoms with Gasteiger partial charge >= 0.3 is 0 Å². The minimum atomic E-state index is -0.243. The number of fused-ring (bicyclic) bond motifs is 1. The molecule has 2 fully saturated rings. The fourth-order valence-corrected chi connectivity index (χ4v) is 3.85. The molecule has 1 saturated carbocycles. The molecule has 1 aromatic carbocycles. The van der Waals surface area contributed by atoms with Gasteiger partial charge in [-0.1, -0.05) is 12.1 Å². The smallest absolute Gasteiger partial charge is 0.249 e. The molecule has 2 N–H and O–H groups in total. The topological polar surface area (TPSA) is 61.4 Å². The molecule has 1 aromatic rings. The third-order valence-corrected chi connectivity index (χ3v) is 5.19. The van der Waals surface area contributed by atoms with Gasteiger partial charge in [0.2, 0.25) is 11.8 Å². The molecule has 2 aliphatic heterocycles. The maximum Gasteiger partial charge on any atom is 0.249 e. The van der Waals surface area contributed by atoms with Gasteiger partial charge in [-0.3, -0.25) is 14.9 Å². The van der Waals surface area contributed by atoms with Gasteiger partial charge in [0.05, 0.1) is 0 Å². The molecule has 0 radical (unpaired) electrons. The highest BCUT2D eigenvalue weighted by molar-refractivity contribution is 6.01. The van der Waals surface area contributed by atoms with E-state index in [1.165, 1.54) is 28.8 Å². The number of imide groups is 1. The quantitative estimate of drug-likeness (QED) is 0.822. The second-order valence-electron chi connectivity index (χ2n) is 6.48. The molecule has 1 saturated heterocycles. The molecule has 2 heterocycles. The zero-order chi connectivity index (χ0) is 16.0. The molecule has 0 spiro atoms. The van der Waals surface area contributed by atoms with Crippen molar-refractivity contribution in [3.63, 3.8) is 0 Å². The molecule has 1 atom stereocenters.